The number of aromatic nitrogens is 2. The van der Waals surface area contributed by atoms with Crippen molar-refractivity contribution in [1.82, 2.24) is 9.97 Å². The molecular weight excluding hydrogens is 228 g/mol. The Morgan fingerprint density at radius 1 is 1.28 bits per heavy atom. The van der Waals surface area contributed by atoms with Crippen LogP contribution in [-0.2, 0) is 16.9 Å². The first kappa shape index (κ1) is 13.4. The van der Waals surface area contributed by atoms with Crippen LogP contribution in [0.1, 0.15) is 56.2 Å². The van der Waals surface area contributed by atoms with Crippen LogP contribution in [0.3, 0.4) is 0 Å². The summed E-state index contributed by atoms with van der Waals surface area (Å²) in [6.07, 6.45) is 5.54. The molecular formula is C14H22N2O2. The van der Waals surface area contributed by atoms with E-state index in [1.807, 2.05) is 19.9 Å². The molecule has 4 nitrogen and oxygen atoms in total. The van der Waals surface area contributed by atoms with Crippen LogP contribution >= 0.6 is 0 Å². The Morgan fingerprint density at radius 2 is 2.00 bits per heavy atom. The van der Waals surface area contributed by atoms with Gasteiger partial charge in [0, 0.05) is 12.3 Å². The SMILES string of the molecule is CCOC1(c2nc(C)cc(CO)n2)CCCCC1. The zero-order valence-electron chi connectivity index (χ0n) is 11.3. The first-order valence-corrected chi connectivity index (χ1v) is 6.80. The van der Waals surface area contributed by atoms with Gasteiger partial charge >= 0.3 is 0 Å². The number of nitrogens with zero attached hydrogens (tertiary/aromatic N) is 2. The van der Waals surface area contributed by atoms with Crippen molar-refractivity contribution in [2.24, 2.45) is 0 Å². The molecule has 0 aromatic carbocycles. The van der Waals surface area contributed by atoms with Crippen LogP contribution in [0.5, 0.6) is 0 Å². The summed E-state index contributed by atoms with van der Waals surface area (Å²) in [4.78, 5) is 9.03. The zero-order chi connectivity index (χ0) is 13.0. The molecule has 1 saturated carbocycles. The second-order valence-corrected chi connectivity index (χ2v) is 4.97. The molecule has 0 saturated heterocycles. The highest BCUT2D eigenvalue weighted by Crippen LogP contribution is 2.38. The van der Waals surface area contributed by atoms with Crippen LogP contribution < -0.4 is 0 Å². The molecule has 0 bridgehead atoms. The van der Waals surface area contributed by atoms with E-state index in [1.54, 1.807) is 0 Å². The normalized spacial score (nSPS) is 18.8. The summed E-state index contributed by atoms with van der Waals surface area (Å²) in [6.45, 7) is 4.58. The fourth-order valence-corrected chi connectivity index (χ4v) is 2.75. The number of aryl methyl sites for hydroxylation is 1. The largest absolute Gasteiger partial charge is 0.390 e. The number of hydrogen-bond donors (Lipinski definition) is 1. The molecule has 100 valence electrons. The van der Waals surface area contributed by atoms with Crippen molar-refractivity contribution < 1.29 is 9.84 Å². The van der Waals surface area contributed by atoms with Gasteiger partial charge in [-0.15, -0.1) is 0 Å². The molecule has 1 N–H and O–H groups in total. The van der Waals surface area contributed by atoms with E-state index in [4.69, 9.17) is 4.74 Å². The van der Waals surface area contributed by atoms with Crippen molar-refractivity contribution in [2.45, 2.75) is 58.2 Å². The molecule has 1 fully saturated rings. The Balaban J connectivity index is 2.37. The van der Waals surface area contributed by atoms with Gasteiger partial charge in [-0.05, 0) is 32.8 Å². The second kappa shape index (κ2) is 5.76. The highest BCUT2D eigenvalue weighted by Gasteiger charge is 2.37. The van der Waals surface area contributed by atoms with Crippen LogP contribution in [0.4, 0.5) is 0 Å². The molecule has 1 aromatic heterocycles. The quantitative estimate of drug-likeness (QED) is 0.892. The minimum absolute atomic E-state index is 0.0431. The van der Waals surface area contributed by atoms with Crippen LogP contribution in [0.15, 0.2) is 6.07 Å². The molecule has 0 spiro atoms. The van der Waals surface area contributed by atoms with E-state index in [1.165, 1.54) is 6.42 Å². The molecule has 1 aliphatic carbocycles. The minimum atomic E-state index is -0.330. The Labute approximate surface area is 108 Å². The molecule has 4 heteroatoms. The summed E-state index contributed by atoms with van der Waals surface area (Å²) in [5.74, 6) is 0.758. The highest BCUT2D eigenvalue weighted by atomic mass is 16.5. The second-order valence-electron chi connectivity index (χ2n) is 4.97. The number of hydrogen-bond acceptors (Lipinski definition) is 4. The van der Waals surface area contributed by atoms with Crippen molar-refractivity contribution in [3.63, 3.8) is 0 Å². The van der Waals surface area contributed by atoms with Gasteiger partial charge in [0.15, 0.2) is 5.82 Å². The Kier molecular flexibility index (Phi) is 4.30. The standard InChI is InChI=1S/C14H22N2O2/c1-3-18-14(7-5-4-6-8-14)13-15-11(2)9-12(10-17)16-13/h9,17H,3-8,10H2,1-2H3. The topological polar surface area (TPSA) is 55.2 Å². The third-order valence-corrected chi connectivity index (χ3v) is 3.56. The number of aliphatic hydroxyl groups is 1. The van der Waals surface area contributed by atoms with E-state index in [9.17, 15) is 5.11 Å². The lowest BCUT2D eigenvalue weighted by molar-refractivity contribution is -0.0770. The smallest absolute Gasteiger partial charge is 0.160 e. The first-order chi connectivity index (χ1) is 8.70. The van der Waals surface area contributed by atoms with Crippen molar-refractivity contribution in [3.8, 4) is 0 Å². The molecule has 0 aliphatic heterocycles. The van der Waals surface area contributed by atoms with Gasteiger partial charge in [-0.2, -0.15) is 0 Å². The Hall–Kier alpha value is -1.00. The van der Waals surface area contributed by atoms with E-state index in [0.29, 0.717) is 12.3 Å². The van der Waals surface area contributed by atoms with Crippen LogP contribution in [-0.4, -0.2) is 21.7 Å². The fraction of sp³-hybridized carbons (Fsp3) is 0.714. The number of aliphatic hydroxyl groups excluding tert-OH is 1. The molecule has 0 radical (unpaired) electrons. The summed E-state index contributed by atoms with van der Waals surface area (Å²) < 4.78 is 6.00. The van der Waals surface area contributed by atoms with Gasteiger partial charge in [0.25, 0.3) is 0 Å². The van der Waals surface area contributed by atoms with E-state index in [0.717, 1.165) is 37.2 Å². The highest BCUT2D eigenvalue weighted by molar-refractivity contribution is 5.14. The fourth-order valence-electron chi connectivity index (χ4n) is 2.75. The van der Waals surface area contributed by atoms with Gasteiger partial charge in [0.05, 0.1) is 12.3 Å². The summed E-state index contributed by atoms with van der Waals surface area (Å²) in [5.41, 5.74) is 1.25. The predicted octanol–water partition coefficient (Wildman–Crippen LogP) is 2.47. The molecule has 1 aliphatic rings. The van der Waals surface area contributed by atoms with Crippen LogP contribution in [0.25, 0.3) is 0 Å². The van der Waals surface area contributed by atoms with Gasteiger partial charge in [-0.25, -0.2) is 9.97 Å². The molecule has 1 aromatic rings. The maximum atomic E-state index is 9.27. The molecule has 2 rings (SSSR count). The van der Waals surface area contributed by atoms with Gasteiger partial charge in [-0.3, -0.25) is 0 Å². The maximum Gasteiger partial charge on any atom is 0.160 e. The third kappa shape index (κ3) is 2.70. The lowest BCUT2D eigenvalue weighted by Crippen LogP contribution is -2.35. The Morgan fingerprint density at radius 3 is 2.61 bits per heavy atom. The van der Waals surface area contributed by atoms with Crippen molar-refractivity contribution in [1.29, 1.82) is 0 Å². The molecule has 1 heterocycles. The van der Waals surface area contributed by atoms with Crippen LogP contribution in [0.2, 0.25) is 0 Å². The average Bonchev–Trinajstić information content (AvgIpc) is 2.39. The summed E-state index contributed by atoms with van der Waals surface area (Å²) in [6, 6.07) is 1.83. The molecule has 0 unspecified atom stereocenters. The summed E-state index contributed by atoms with van der Waals surface area (Å²) in [7, 11) is 0. The van der Waals surface area contributed by atoms with Crippen molar-refractivity contribution in [2.75, 3.05) is 6.61 Å². The van der Waals surface area contributed by atoms with Crippen molar-refractivity contribution in [3.05, 3.63) is 23.3 Å². The number of ether oxygens (including phenoxy) is 1. The molecule has 0 atom stereocenters. The summed E-state index contributed by atoms with van der Waals surface area (Å²) >= 11 is 0. The van der Waals surface area contributed by atoms with Gasteiger partial charge in [-0.1, -0.05) is 19.3 Å². The van der Waals surface area contributed by atoms with Gasteiger partial charge in [0.1, 0.15) is 5.60 Å². The lowest BCUT2D eigenvalue weighted by Gasteiger charge is -2.35. The van der Waals surface area contributed by atoms with E-state index >= 15 is 0 Å². The van der Waals surface area contributed by atoms with Gasteiger partial charge in [0.2, 0.25) is 0 Å². The number of rotatable bonds is 4. The minimum Gasteiger partial charge on any atom is -0.390 e. The Bertz CT molecular complexity index is 395. The first-order valence-electron chi connectivity index (χ1n) is 6.80. The monoisotopic (exact) mass is 250 g/mol. The molecule has 0 amide bonds. The van der Waals surface area contributed by atoms with Crippen LogP contribution in [0, 0.1) is 6.92 Å². The van der Waals surface area contributed by atoms with Gasteiger partial charge < -0.3 is 9.84 Å². The maximum absolute atomic E-state index is 9.27. The van der Waals surface area contributed by atoms with E-state index < -0.39 is 0 Å². The van der Waals surface area contributed by atoms with E-state index in [2.05, 4.69) is 9.97 Å². The van der Waals surface area contributed by atoms with E-state index in [-0.39, 0.29) is 12.2 Å². The van der Waals surface area contributed by atoms with Crippen molar-refractivity contribution >= 4 is 0 Å². The third-order valence-electron chi connectivity index (χ3n) is 3.56. The molecule has 18 heavy (non-hydrogen) atoms. The summed E-state index contributed by atoms with van der Waals surface area (Å²) in [5, 5.41) is 9.27. The average molecular weight is 250 g/mol. The lowest BCUT2D eigenvalue weighted by atomic mass is 9.83. The zero-order valence-corrected chi connectivity index (χ0v) is 11.3. The predicted molar refractivity (Wildman–Crippen MR) is 69.1 cm³/mol.